The molecule has 1 aliphatic heterocycles. The minimum Gasteiger partial charge on any atom is -0.355 e. The van der Waals surface area contributed by atoms with E-state index in [-0.39, 0.29) is 17.7 Å². The number of aryl methyl sites for hydroxylation is 1. The van der Waals surface area contributed by atoms with E-state index in [4.69, 9.17) is 5.73 Å². The summed E-state index contributed by atoms with van der Waals surface area (Å²) in [5, 5.41) is 4.88. The van der Waals surface area contributed by atoms with Gasteiger partial charge in [0.2, 0.25) is 11.8 Å². The fraction of sp³-hybridized carbons (Fsp3) is 0.625. The Balaban J connectivity index is 1.73. The first-order valence-corrected chi connectivity index (χ1v) is 8.86. The number of carbonyl (C=O) groups is 2. The Hall–Kier alpha value is -1.40. The molecule has 0 saturated carbocycles. The zero-order valence-electron chi connectivity index (χ0n) is 12.9. The minimum absolute atomic E-state index is 0.0292. The normalized spacial score (nSPS) is 18.2. The summed E-state index contributed by atoms with van der Waals surface area (Å²) in [5.74, 6) is 0.121. The molecule has 0 radical (unpaired) electrons. The van der Waals surface area contributed by atoms with Gasteiger partial charge in [0.25, 0.3) is 0 Å². The topological polar surface area (TPSA) is 75.4 Å². The van der Waals surface area contributed by atoms with Crippen molar-refractivity contribution in [3.05, 3.63) is 22.4 Å². The van der Waals surface area contributed by atoms with Crippen molar-refractivity contribution in [1.82, 2.24) is 10.2 Å². The molecule has 1 atom stereocenters. The number of nitrogens with two attached hydrogens (primary N) is 1. The maximum absolute atomic E-state index is 12.3. The second kappa shape index (κ2) is 8.90. The summed E-state index contributed by atoms with van der Waals surface area (Å²) < 4.78 is 0. The molecule has 0 aliphatic carbocycles. The van der Waals surface area contributed by atoms with Crippen molar-refractivity contribution in [2.75, 3.05) is 26.2 Å². The second-order valence-electron chi connectivity index (χ2n) is 5.69. The Labute approximate surface area is 135 Å². The number of hydrogen-bond acceptors (Lipinski definition) is 4. The molecular weight excluding hydrogens is 298 g/mol. The lowest BCUT2D eigenvalue weighted by atomic mass is 9.96. The fourth-order valence-corrected chi connectivity index (χ4v) is 3.54. The molecule has 1 saturated heterocycles. The Morgan fingerprint density at radius 3 is 3.05 bits per heavy atom. The summed E-state index contributed by atoms with van der Waals surface area (Å²) in [6.45, 7) is 2.28. The largest absolute Gasteiger partial charge is 0.355 e. The summed E-state index contributed by atoms with van der Waals surface area (Å²) in [6.07, 6.45) is 4.15. The van der Waals surface area contributed by atoms with Gasteiger partial charge in [-0.15, -0.1) is 11.3 Å². The van der Waals surface area contributed by atoms with E-state index in [1.54, 1.807) is 11.3 Å². The van der Waals surface area contributed by atoms with Crippen LogP contribution in [0.1, 0.15) is 30.6 Å². The highest BCUT2D eigenvalue weighted by Crippen LogP contribution is 2.18. The Kier molecular flexibility index (Phi) is 6.86. The van der Waals surface area contributed by atoms with Crippen LogP contribution in [0.3, 0.4) is 0 Å². The third kappa shape index (κ3) is 5.10. The predicted octanol–water partition coefficient (Wildman–Crippen LogP) is 1.38. The molecule has 1 aliphatic rings. The highest BCUT2D eigenvalue weighted by Gasteiger charge is 2.27. The van der Waals surface area contributed by atoms with E-state index in [9.17, 15) is 9.59 Å². The molecule has 0 aromatic carbocycles. The molecule has 1 aromatic rings. The van der Waals surface area contributed by atoms with Crippen molar-refractivity contribution >= 4 is 23.2 Å². The SMILES string of the molecule is NCCNC(=O)C1CCCN(C(=O)CCCc2cccs2)C1. The maximum Gasteiger partial charge on any atom is 0.224 e. The lowest BCUT2D eigenvalue weighted by molar-refractivity contribution is -0.135. The van der Waals surface area contributed by atoms with Crippen LogP contribution in [0.4, 0.5) is 0 Å². The van der Waals surface area contributed by atoms with Gasteiger partial charge in [-0.25, -0.2) is 0 Å². The van der Waals surface area contributed by atoms with Gasteiger partial charge in [-0.05, 0) is 37.1 Å². The number of rotatable bonds is 7. The van der Waals surface area contributed by atoms with Crippen LogP contribution in [0.15, 0.2) is 17.5 Å². The number of hydrogen-bond donors (Lipinski definition) is 2. The molecule has 122 valence electrons. The lowest BCUT2D eigenvalue weighted by Gasteiger charge is -2.32. The van der Waals surface area contributed by atoms with Crippen molar-refractivity contribution in [3.63, 3.8) is 0 Å². The molecular formula is C16H25N3O2S. The third-order valence-corrected chi connectivity index (χ3v) is 4.92. The molecule has 0 bridgehead atoms. The number of piperidine rings is 1. The van der Waals surface area contributed by atoms with Gasteiger partial charge in [-0.3, -0.25) is 9.59 Å². The van der Waals surface area contributed by atoms with Gasteiger partial charge < -0.3 is 16.0 Å². The van der Waals surface area contributed by atoms with Crippen LogP contribution in [0.5, 0.6) is 0 Å². The van der Waals surface area contributed by atoms with Crippen LogP contribution < -0.4 is 11.1 Å². The quantitative estimate of drug-likeness (QED) is 0.796. The van der Waals surface area contributed by atoms with Gasteiger partial charge >= 0.3 is 0 Å². The van der Waals surface area contributed by atoms with Gasteiger partial charge in [0.15, 0.2) is 0 Å². The van der Waals surface area contributed by atoms with E-state index in [1.165, 1.54) is 4.88 Å². The molecule has 2 heterocycles. The van der Waals surface area contributed by atoms with Crippen LogP contribution >= 0.6 is 11.3 Å². The van der Waals surface area contributed by atoms with Gasteiger partial charge in [0, 0.05) is 37.5 Å². The van der Waals surface area contributed by atoms with Crippen molar-refractivity contribution in [1.29, 1.82) is 0 Å². The number of nitrogens with one attached hydrogen (secondary N) is 1. The van der Waals surface area contributed by atoms with Crippen molar-refractivity contribution < 1.29 is 9.59 Å². The van der Waals surface area contributed by atoms with Crippen LogP contribution in [0.25, 0.3) is 0 Å². The molecule has 22 heavy (non-hydrogen) atoms. The fourth-order valence-electron chi connectivity index (χ4n) is 2.78. The summed E-state index contributed by atoms with van der Waals surface area (Å²) in [5.41, 5.74) is 5.40. The smallest absolute Gasteiger partial charge is 0.224 e. The van der Waals surface area contributed by atoms with E-state index in [1.807, 2.05) is 11.0 Å². The van der Waals surface area contributed by atoms with Crippen molar-refractivity contribution in [3.8, 4) is 0 Å². The molecule has 3 N–H and O–H groups in total. The lowest BCUT2D eigenvalue weighted by Crippen LogP contribution is -2.46. The Morgan fingerprint density at radius 2 is 2.32 bits per heavy atom. The van der Waals surface area contributed by atoms with Gasteiger partial charge in [-0.1, -0.05) is 6.07 Å². The average molecular weight is 323 g/mol. The highest BCUT2D eigenvalue weighted by molar-refractivity contribution is 7.09. The third-order valence-electron chi connectivity index (χ3n) is 3.98. The predicted molar refractivity (Wildman–Crippen MR) is 88.6 cm³/mol. The molecule has 6 heteroatoms. The van der Waals surface area contributed by atoms with Crippen molar-refractivity contribution in [2.24, 2.45) is 11.7 Å². The molecule has 1 fully saturated rings. The van der Waals surface area contributed by atoms with Crippen LogP contribution in [-0.4, -0.2) is 42.9 Å². The standard InChI is InChI=1S/C16H25N3O2S/c17-8-9-18-16(21)13-4-2-10-19(12-13)15(20)7-1-5-14-6-3-11-22-14/h3,6,11,13H,1-2,4-5,7-10,12,17H2,(H,18,21). The first-order valence-electron chi connectivity index (χ1n) is 7.98. The number of amides is 2. The molecule has 1 aromatic heterocycles. The van der Waals surface area contributed by atoms with Gasteiger partial charge in [0.1, 0.15) is 0 Å². The summed E-state index contributed by atoms with van der Waals surface area (Å²) in [7, 11) is 0. The second-order valence-corrected chi connectivity index (χ2v) is 6.72. The van der Waals surface area contributed by atoms with Gasteiger partial charge in [-0.2, -0.15) is 0 Å². The molecule has 1 unspecified atom stereocenters. The number of thiophene rings is 1. The zero-order valence-corrected chi connectivity index (χ0v) is 13.7. The van der Waals surface area contributed by atoms with E-state index < -0.39 is 0 Å². The molecule has 5 nitrogen and oxygen atoms in total. The summed E-state index contributed by atoms with van der Waals surface area (Å²) in [6, 6.07) is 4.14. The Morgan fingerprint density at radius 1 is 1.45 bits per heavy atom. The Bertz CT molecular complexity index is 476. The van der Waals surface area contributed by atoms with E-state index in [0.29, 0.717) is 26.1 Å². The zero-order chi connectivity index (χ0) is 15.8. The summed E-state index contributed by atoms with van der Waals surface area (Å²) >= 11 is 1.73. The monoisotopic (exact) mass is 323 g/mol. The van der Waals surface area contributed by atoms with E-state index >= 15 is 0 Å². The highest BCUT2D eigenvalue weighted by atomic mass is 32.1. The van der Waals surface area contributed by atoms with Gasteiger partial charge in [0.05, 0.1) is 5.92 Å². The van der Waals surface area contributed by atoms with E-state index in [2.05, 4.69) is 16.8 Å². The first kappa shape index (κ1) is 17.0. The van der Waals surface area contributed by atoms with Crippen LogP contribution in [0.2, 0.25) is 0 Å². The first-order chi connectivity index (χ1) is 10.7. The van der Waals surface area contributed by atoms with E-state index in [0.717, 1.165) is 32.2 Å². The average Bonchev–Trinajstić information content (AvgIpc) is 3.06. The minimum atomic E-state index is -0.0819. The van der Waals surface area contributed by atoms with Crippen molar-refractivity contribution in [2.45, 2.75) is 32.1 Å². The number of carbonyl (C=O) groups excluding carboxylic acids is 2. The van der Waals surface area contributed by atoms with Crippen LogP contribution in [0, 0.1) is 5.92 Å². The summed E-state index contributed by atoms with van der Waals surface area (Å²) in [4.78, 5) is 27.5. The molecule has 0 spiro atoms. The van der Waals surface area contributed by atoms with Crippen LogP contribution in [-0.2, 0) is 16.0 Å². The molecule has 2 rings (SSSR count). The number of likely N-dealkylation sites (tertiary alicyclic amines) is 1. The maximum atomic E-state index is 12.3. The molecule has 2 amide bonds. The number of nitrogens with zero attached hydrogens (tertiary/aromatic N) is 1.